The highest BCUT2D eigenvalue weighted by molar-refractivity contribution is 9.10. The van der Waals surface area contributed by atoms with E-state index in [1.165, 1.54) is 12.1 Å². The summed E-state index contributed by atoms with van der Waals surface area (Å²) < 4.78 is 38.1. The van der Waals surface area contributed by atoms with Crippen LogP contribution in [0.3, 0.4) is 0 Å². The monoisotopic (exact) mass is 368 g/mol. The maximum absolute atomic E-state index is 12.8. The number of nitrogens with one attached hydrogen (secondary N) is 1. The molecule has 0 saturated heterocycles. The summed E-state index contributed by atoms with van der Waals surface area (Å²) in [5.41, 5.74) is 3.42. The largest absolute Gasteiger partial charge is 0.417 e. The van der Waals surface area contributed by atoms with Crippen LogP contribution >= 0.6 is 28.1 Å². The van der Waals surface area contributed by atoms with Crippen LogP contribution in [-0.2, 0) is 6.18 Å². The van der Waals surface area contributed by atoms with Gasteiger partial charge in [-0.3, -0.25) is 4.79 Å². The second-order valence-electron chi connectivity index (χ2n) is 4.64. The minimum atomic E-state index is -4.55. The van der Waals surface area contributed by atoms with Crippen molar-refractivity contribution in [3.8, 4) is 0 Å². The van der Waals surface area contributed by atoms with Crippen LogP contribution in [0.4, 0.5) is 13.2 Å². The molecule has 0 fully saturated rings. The first-order chi connectivity index (χ1) is 8.95. The van der Waals surface area contributed by atoms with Crippen molar-refractivity contribution in [3.05, 3.63) is 33.8 Å². The molecule has 0 unspecified atom stereocenters. The quantitative estimate of drug-likeness (QED) is 0.805. The number of carbonyl (C=O) groups excluding carboxylic acids is 1. The maximum atomic E-state index is 12.8. The molecular formula is C12H12BrF3N2OS. The number of carbonyl (C=O) groups is 1. The third kappa shape index (κ3) is 3.92. The van der Waals surface area contributed by atoms with Crippen molar-refractivity contribution < 1.29 is 18.0 Å². The fourth-order valence-corrected chi connectivity index (χ4v) is 1.82. The highest BCUT2D eigenvalue weighted by Crippen LogP contribution is 2.35. The van der Waals surface area contributed by atoms with E-state index in [0.717, 1.165) is 6.07 Å². The van der Waals surface area contributed by atoms with Crippen molar-refractivity contribution in [2.45, 2.75) is 25.6 Å². The van der Waals surface area contributed by atoms with E-state index in [-0.39, 0.29) is 15.0 Å². The molecule has 0 bridgehead atoms. The fraction of sp³-hybridized carbons (Fsp3) is 0.333. The molecule has 0 aromatic heterocycles. The van der Waals surface area contributed by atoms with Crippen molar-refractivity contribution in [2.24, 2.45) is 5.73 Å². The molecule has 1 aromatic rings. The number of nitrogens with two attached hydrogens (primary N) is 1. The lowest BCUT2D eigenvalue weighted by atomic mass is 10.0. The van der Waals surface area contributed by atoms with E-state index in [4.69, 9.17) is 18.0 Å². The van der Waals surface area contributed by atoms with E-state index in [0.29, 0.717) is 0 Å². The zero-order valence-electron chi connectivity index (χ0n) is 10.6. The summed E-state index contributed by atoms with van der Waals surface area (Å²) in [6, 6.07) is 3.23. The molecule has 0 radical (unpaired) electrons. The van der Waals surface area contributed by atoms with Crippen LogP contribution in [0.5, 0.6) is 0 Å². The zero-order chi connectivity index (χ0) is 15.7. The first kappa shape index (κ1) is 16.9. The summed E-state index contributed by atoms with van der Waals surface area (Å²) in [4.78, 5) is 12.0. The van der Waals surface area contributed by atoms with E-state index >= 15 is 0 Å². The summed E-state index contributed by atoms with van der Waals surface area (Å²) in [6.07, 6.45) is -4.55. The predicted octanol–water partition coefficient (Wildman–Crippen LogP) is 3.26. The third-order valence-electron chi connectivity index (χ3n) is 2.58. The molecule has 0 atom stereocenters. The second kappa shape index (κ2) is 5.69. The SMILES string of the molecule is CC(C)(NC(=O)c1ccc(Br)c(C(F)(F)F)c1)C(N)=S. The predicted molar refractivity (Wildman–Crippen MR) is 77.5 cm³/mol. The highest BCUT2D eigenvalue weighted by Gasteiger charge is 2.34. The van der Waals surface area contributed by atoms with Crippen LogP contribution in [0.25, 0.3) is 0 Å². The van der Waals surface area contributed by atoms with Gasteiger partial charge in [-0.15, -0.1) is 0 Å². The molecular weight excluding hydrogens is 357 g/mol. The van der Waals surface area contributed by atoms with Crippen LogP contribution in [0.1, 0.15) is 29.8 Å². The van der Waals surface area contributed by atoms with Gasteiger partial charge in [-0.1, -0.05) is 28.1 Å². The molecule has 0 aliphatic rings. The van der Waals surface area contributed by atoms with Crippen molar-refractivity contribution in [2.75, 3.05) is 0 Å². The van der Waals surface area contributed by atoms with Crippen molar-refractivity contribution in [1.82, 2.24) is 5.32 Å². The van der Waals surface area contributed by atoms with Crippen molar-refractivity contribution in [1.29, 1.82) is 0 Å². The lowest BCUT2D eigenvalue weighted by Gasteiger charge is -2.25. The number of amides is 1. The zero-order valence-corrected chi connectivity index (χ0v) is 13.0. The number of rotatable bonds is 3. The van der Waals surface area contributed by atoms with E-state index in [2.05, 4.69) is 21.2 Å². The van der Waals surface area contributed by atoms with Crippen LogP contribution in [0.15, 0.2) is 22.7 Å². The third-order valence-corrected chi connectivity index (χ3v) is 3.78. The van der Waals surface area contributed by atoms with Crippen LogP contribution in [-0.4, -0.2) is 16.4 Å². The average Bonchev–Trinajstić information content (AvgIpc) is 2.26. The number of halogens is 4. The Hall–Kier alpha value is -1.15. The van der Waals surface area contributed by atoms with Crippen molar-refractivity contribution in [3.63, 3.8) is 0 Å². The average molecular weight is 369 g/mol. The first-order valence-corrected chi connectivity index (χ1v) is 6.64. The molecule has 0 saturated carbocycles. The van der Waals surface area contributed by atoms with Gasteiger partial charge in [0, 0.05) is 10.0 Å². The molecule has 110 valence electrons. The van der Waals surface area contributed by atoms with Gasteiger partial charge in [0.25, 0.3) is 5.91 Å². The molecule has 1 rings (SSSR count). The second-order valence-corrected chi connectivity index (χ2v) is 5.93. The van der Waals surface area contributed by atoms with E-state index in [9.17, 15) is 18.0 Å². The smallest absolute Gasteiger partial charge is 0.391 e. The maximum Gasteiger partial charge on any atom is 0.417 e. The Labute approximate surface area is 127 Å². The fourth-order valence-electron chi connectivity index (χ4n) is 1.30. The first-order valence-electron chi connectivity index (χ1n) is 5.44. The Kier molecular flexibility index (Phi) is 4.81. The summed E-state index contributed by atoms with van der Waals surface area (Å²) >= 11 is 7.59. The van der Waals surface area contributed by atoms with Gasteiger partial charge in [0.1, 0.15) is 0 Å². The Morgan fingerprint density at radius 1 is 1.35 bits per heavy atom. The summed E-state index contributed by atoms with van der Waals surface area (Å²) in [6.45, 7) is 3.13. The topological polar surface area (TPSA) is 55.1 Å². The van der Waals surface area contributed by atoms with Gasteiger partial charge in [0.05, 0.1) is 16.1 Å². The molecule has 8 heteroatoms. The lowest BCUT2D eigenvalue weighted by molar-refractivity contribution is -0.138. The number of hydrogen-bond acceptors (Lipinski definition) is 2. The standard InChI is InChI=1S/C12H12BrF3N2OS/c1-11(2,10(17)20)18-9(19)6-3-4-8(13)7(5-6)12(14,15)16/h3-5H,1-2H3,(H2,17,20)(H,18,19). The van der Waals surface area contributed by atoms with Crippen LogP contribution in [0.2, 0.25) is 0 Å². The Bertz CT molecular complexity index is 558. The molecule has 3 N–H and O–H groups in total. The Morgan fingerprint density at radius 3 is 2.35 bits per heavy atom. The number of hydrogen-bond donors (Lipinski definition) is 2. The Morgan fingerprint density at radius 2 is 1.90 bits per heavy atom. The minimum absolute atomic E-state index is 0.0407. The van der Waals surface area contributed by atoms with Gasteiger partial charge in [-0.25, -0.2) is 0 Å². The van der Waals surface area contributed by atoms with Gasteiger partial charge in [0.15, 0.2) is 0 Å². The van der Waals surface area contributed by atoms with Gasteiger partial charge in [-0.05, 0) is 32.0 Å². The van der Waals surface area contributed by atoms with Gasteiger partial charge in [0.2, 0.25) is 0 Å². The van der Waals surface area contributed by atoms with Gasteiger partial charge < -0.3 is 11.1 Å². The molecule has 20 heavy (non-hydrogen) atoms. The molecule has 0 spiro atoms. The summed E-state index contributed by atoms with van der Waals surface area (Å²) in [5, 5.41) is 2.48. The van der Waals surface area contributed by atoms with Crippen LogP contribution < -0.4 is 11.1 Å². The molecule has 0 aliphatic carbocycles. The molecule has 0 aliphatic heterocycles. The Balaban J connectivity index is 3.10. The van der Waals surface area contributed by atoms with Crippen LogP contribution in [0, 0.1) is 0 Å². The molecule has 0 heterocycles. The minimum Gasteiger partial charge on any atom is -0.391 e. The highest BCUT2D eigenvalue weighted by atomic mass is 79.9. The van der Waals surface area contributed by atoms with Crippen molar-refractivity contribution >= 4 is 39.0 Å². The lowest BCUT2D eigenvalue weighted by Crippen LogP contribution is -2.52. The van der Waals surface area contributed by atoms with E-state index < -0.39 is 23.2 Å². The summed E-state index contributed by atoms with van der Waals surface area (Å²) in [7, 11) is 0. The number of alkyl halides is 3. The number of thiocarbonyl (C=S) groups is 1. The molecule has 1 aromatic carbocycles. The van der Waals surface area contributed by atoms with Gasteiger partial charge >= 0.3 is 6.18 Å². The molecule has 1 amide bonds. The molecule has 3 nitrogen and oxygen atoms in total. The number of benzene rings is 1. The van der Waals surface area contributed by atoms with E-state index in [1.54, 1.807) is 13.8 Å². The van der Waals surface area contributed by atoms with E-state index in [1.807, 2.05) is 0 Å². The normalized spacial score (nSPS) is 12.1. The summed E-state index contributed by atoms with van der Waals surface area (Å²) in [5.74, 6) is -0.680. The van der Waals surface area contributed by atoms with Gasteiger partial charge in [-0.2, -0.15) is 13.2 Å².